The van der Waals surface area contributed by atoms with Crippen LogP contribution in [0.1, 0.15) is 69.6 Å². The van der Waals surface area contributed by atoms with Crippen molar-refractivity contribution in [1.82, 2.24) is 0 Å². The molecule has 1 aromatic carbocycles. The summed E-state index contributed by atoms with van der Waals surface area (Å²) in [7, 11) is 0. The average Bonchev–Trinajstić information content (AvgIpc) is 2.41. The van der Waals surface area contributed by atoms with E-state index in [1.54, 1.807) is 6.07 Å². The summed E-state index contributed by atoms with van der Waals surface area (Å²) in [6.07, 6.45) is 8.23. The molecule has 3 heteroatoms. The molecule has 1 rings (SSSR count). The molecule has 0 unspecified atom stereocenters. The predicted octanol–water partition coefficient (Wildman–Crippen LogP) is 3.47. The van der Waals surface area contributed by atoms with Crippen LogP contribution < -0.4 is 10.2 Å². The summed E-state index contributed by atoms with van der Waals surface area (Å²) in [6, 6.07) is 1.60. The number of hydrogen-bond donors (Lipinski definition) is 0. The van der Waals surface area contributed by atoms with Crippen molar-refractivity contribution in [3.05, 3.63) is 22.8 Å². The Balaban J connectivity index is 0.00000361. The van der Waals surface area contributed by atoms with E-state index in [-0.39, 0.29) is 28.0 Å². The first kappa shape index (κ1) is 19.3. The van der Waals surface area contributed by atoms with E-state index in [0.29, 0.717) is 6.42 Å². The van der Waals surface area contributed by atoms with E-state index in [9.17, 15) is 10.2 Å². The third kappa shape index (κ3) is 5.01. The Morgan fingerprint density at radius 1 is 0.850 bits per heavy atom. The molecule has 2 nitrogen and oxygen atoms in total. The van der Waals surface area contributed by atoms with Crippen LogP contribution >= 0.6 is 0 Å². The summed E-state index contributed by atoms with van der Waals surface area (Å²) >= 11 is 0. The maximum atomic E-state index is 12.0. The summed E-state index contributed by atoms with van der Waals surface area (Å²) in [4.78, 5) is 0. The molecule has 0 radical (unpaired) electrons. The van der Waals surface area contributed by atoms with Crippen molar-refractivity contribution >= 4 is 0 Å². The van der Waals surface area contributed by atoms with Gasteiger partial charge in [0, 0.05) is 0 Å². The van der Waals surface area contributed by atoms with E-state index in [4.69, 9.17) is 0 Å². The van der Waals surface area contributed by atoms with E-state index in [1.165, 1.54) is 18.4 Å². The van der Waals surface area contributed by atoms with Gasteiger partial charge in [0.15, 0.2) is 0 Å². The molecule has 0 saturated heterocycles. The maximum absolute atomic E-state index is 12.0. The Kier molecular flexibility index (Phi) is 9.75. The number of aryl methyl sites for hydroxylation is 1. The van der Waals surface area contributed by atoms with Crippen molar-refractivity contribution in [1.29, 1.82) is 0 Å². The number of rotatable bonds is 8. The molecule has 0 amide bonds. The summed E-state index contributed by atoms with van der Waals surface area (Å²) in [5.74, 6) is -0.587. The Morgan fingerprint density at radius 3 is 2.05 bits per heavy atom. The van der Waals surface area contributed by atoms with Gasteiger partial charge in [0.05, 0.1) is 0 Å². The molecule has 0 spiro atoms. The molecule has 20 heavy (non-hydrogen) atoms. The zero-order valence-electron chi connectivity index (χ0n) is 12.9. The Bertz CT molecular complexity index is 402. The molecule has 0 heterocycles. The first-order valence-electron chi connectivity index (χ1n) is 7.67. The fraction of sp³-hybridized carbons (Fsp3) is 0.647. The van der Waals surface area contributed by atoms with Crippen LogP contribution in [0.15, 0.2) is 6.07 Å². The van der Waals surface area contributed by atoms with Crippen molar-refractivity contribution in [2.45, 2.75) is 72.1 Å². The average molecular weight is 321 g/mol. The van der Waals surface area contributed by atoms with Gasteiger partial charge in [-0.05, 0) is 43.2 Å². The standard InChI is InChI=1S/C17H28O2.Ni/c1-4-7-9-10-13-12-16(18)17(19)14(6-3)15(13)11-8-5-2;/h12,18-19H,4-11H2,1-3H3;/q;+2/p-2. The monoisotopic (exact) mass is 320 g/mol. The molecule has 0 N–H and O–H groups in total. The number of hydrogen-bond acceptors (Lipinski definition) is 2. The molecular formula is C17H26NiO2. The van der Waals surface area contributed by atoms with Crippen molar-refractivity contribution < 1.29 is 26.7 Å². The Labute approximate surface area is 133 Å². The second-order valence-electron chi connectivity index (χ2n) is 5.23. The first-order valence-corrected chi connectivity index (χ1v) is 7.67. The van der Waals surface area contributed by atoms with Gasteiger partial charge < -0.3 is 10.2 Å². The molecule has 0 bridgehead atoms. The second kappa shape index (κ2) is 10.1. The quantitative estimate of drug-likeness (QED) is 0.544. The molecule has 116 valence electrons. The van der Waals surface area contributed by atoms with E-state index in [1.807, 2.05) is 6.92 Å². The largest absolute Gasteiger partial charge is 2.00 e. The third-order valence-electron chi connectivity index (χ3n) is 3.74. The van der Waals surface area contributed by atoms with Crippen molar-refractivity contribution in [3.63, 3.8) is 0 Å². The van der Waals surface area contributed by atoms with Gasteiger partial charge in [-0.2, -0.15) is 0 Å². The first-order chi connectivity index (χ1) is 9.15. The van der Waals surface area contributed by atoms with Crippen molar-refractivity contribution in [2.24, 2.45) is 0 Å². The minimum Gasteiger partial charge on any atom is -0.873 e. The number of unbranched alkanes of at least 4 members (excludes halogenated alkanes) is 3. The zero-order chi connectivity index (χ0) is 14.3. The Morgan fingerprint density at radius 2 is 1.50 bits per heavy atom. The van der Waals surface area contributed by atoms with Gasteiger partial charge in [0.25, 0.3) is 0 Å². The van der Waals surface area contributed by atoms with Crippen LogP contribution in [0.25, 0.3) is 0 Å². The van der Waals surface area contributed by atoms with Crippen LogP contribution in [0.3, 0.4) is 0 Å². The van der Waals surface area contributed by atoms with Crippen LogP contribution in [-0.4, -0.2) is 0 Å². The number of benzene rings is 1. The van der Waals surface area contributed by atoms with Gasteiger partial charge in [0.1, 0.15) is 0 Å². The van der Waals surface area contributed by atoms with Crippen LogP contribution in [0.5, 0.6) is 11.5 Å². The molecule has 0 fully saturated rings. The second-order valence-corrected chi connectivity index (χ2v) is 5.23. The summed E-state index contributed by atoms with van der Waals surface area (Å²) in [6.45, 7) is 6.30. The van der Waals surface area contributed by atoms with Gasteiger partial charge in [-0.25, -0.2) is 0 Å². The zero-order valence-corrected chi connectivity index (χ0v) is 13.9. The van der Waals surface area contributed by atoms with Gasteiger partial charge in [0.2, 0.25) is 0 Å². The van der Waals surface area contributed by atoms with Crippen molar-refractivity contribution in [2.75, 3.05) is 0 Å². The molecule has 0 aliphatic rings. The minimum atomic E-state index is -0.316. The fourth-order valence-electron chi connectivity index (χ4n) is 2.62. The van der Waals surface area contributed by atoms with Gasteiger partial charge in [-0.15, -0.1) is 11.5 Å². The van der Waals surface area contributed by atoms with E-state index < -0.39 is 0 Å². The molecule has 1 aromatic rings. The molecule has 0 aliphatic heterocycles. The summed E-state index contributed by atoms with van der Waals surface area (Å²) in [5, 5.41) is 23.7. The molecule has 0 saturated carbocycles. The van der Waals surface area contributed by atoms with E-state index in [2.05, 4.69) is 13.8 Å². The van der Waals surface area contributed by atoms with Crippen LogP contribution in [0.2, 0.25) is 0 Å². The topological polar surface area (TPSA) is 46.1 Å². The van der Waals surface area contributed by atoms with E-state index >= 15 is 0 Å². The normalized spacial score (nSPS) is 10.3. The summed E-state index contributed by atoms with van der Waals surface area (Å²) in [5.41, 5.74) is 3.07. The predicted molar refractivity (Wildman–Crippen MR) is 76.6 cm³/mol. The molecule has 0 aliphatic carbocycles. The smallest absolute Gasteiger partial charge is 0.873 e. The van der Waals surface area contributed by atoms with Crippen LogP contribution in [0.4, 0.5) is 0 Å². The van der Waals surface area contributed by atoms with Crippen LogP contribution in [-0.2, 0) is 35.8 Å². The van der Waals surface area contributed by atoms with E-state index in [0.717, 1.165) is 43.2 Å². The maximum Gasteiger partial charge on any atom is 2.00 e. The summed E-state index contributed by atoms with van der Waals surface area (Å²) < 4.78 is 0. The molecule has 0 aromatic heterocycles. The minimum absolute atomic E-state index is 0. The third-order valence-corrected chi connectivity index (χ3v) is 3.74. The Hall–Kier alpha value is -0.686. The fourth-order valence-corrected chi connectivity index (χ4v) is 2.62. The van der Waals surface area contributed by atoms with Crippen LogP contribution in [0, 0.1) is 0 Å². The van der Waals surface area contributed by atoms with Gasteiger partial charge in [-0.3, -0.25) is 0 Å². The van der Waals surface area contributed by atoms with Crippen molar-refractivity contribution in [3.8, 4) is 11.5 Å². The molecule has 0 atom stereocenters. The van der Waals surface area contributed by atoms with Gasteiger partial charge >= 0.3 is 16.5 Å². The SMILES string of the molecule is CCCCCc1cc([O-])c([O-])c(CC)c1CCCC.[Ni+2]. The molecular weight excluding hydrogens is 295 g/mol. The van der Waals surface area contributed by atoms with Gasteiger partial charge in [-0.1, -0.05) is 51.7 Å².